The summed E-state index contributed by atoms with van der Waals surface area (Å²) in [4.78, 5) is 2.46. The maximum atomic E-state index is 7.37. The average molecular weight is 881 g/mol. The van der Waals surface area contributed by atoms with Gasteiger partial charge < -0.3 is 18.6 Å². The first-order valence-corrected chi connectivity index (χ1v) is 23.7. The molecule has 0 fully saturated rings. The predicted molar refractivity (Wildman–Crippen MR) is 283 cm³/mol. The molecule has 4 heteroatoms. The van der Waals surface area contributed by atoms with Crippen LogP contribution in [0.25, 0.3) is 82.5 Å². The standard InChI is InChI=1S/C65H40N2O2/c1-2-19-44(20-3-1)67-57-28-13-8-23-49(57)50-36-35-45(40-59(50)67)66(58-29-16-32-62-63(58)51-24-9-14-30-60(51)68-62)46-38-52(43-34-33-41-17-4-5-18-42(41)37-43)64-56(39-46)65(55-27-12-15-31-61(55)69-64)53-25-10-6-21-47(53)48-22-7-11-26-54(48)65/h1-40H. The van der Waals surface area contributed by atoms with E-state index in [1.165, 1.54) is 43.8 Å². The van der Waals surface area contributed by atoms with Crippen LogP contribution in [0.1, 0.15) is 22.3 Å². The lowest BCUT2D eigenvalue weighted by molar-refractivity contribution is 0.438. The van der Waals surface area contributed by atoms with Gasteiger partial charge in [-0.1, -0.05) is 170 Å². The highest BCUT2D eigenvalue weighted by Gasteiger charge is 2.52. The smallest absolute Gasteiger partial charge is 0.140 e. The summed E-state index contributed by atoms with van der Waals surface area (Å²) in [7, 11) is 0. The number of furan rings is 1. The van der Waals surface area contributed by atoms with Crippen molar-refractivity contribution in [2.24, 2.45) is 0 Å². The van der Waals surface area contributed by atoms with Gasteiger partial charge in [0.15, 0.2) is 0 Å². The minimum Gasteiger partial charge on any atom is -0.456 e. The minimum absolute atomic E-state index is 0.706. The van der Waals surface area contributed by atoms with Gasteiger partial charge in [0.2, 0.25) is 0 Å². The van der Waals surface area contributed by atoms with Crippen molar-refractivity contribution in [2.45, 2.75) is 5.41 Å². The van der Waals surface area contributed by atoms with E-state index in [1.54, 1.807) is 0 Å². The SMILES string of the molecule is c1ccc(-n2c3ccccc3c3ccc(N(c4cc(-c5ccc6ccccc6c5)c5c(c4)C4(c6ccccc6O5)c5ccccc5-c5ccccc54)c4cccc5oc6ccccc6c45)cc32)cc1. The van der Waals surface area contributed by atoms with Gasteiger partial charge in [0.25, 0.3) is 0 Å². The summed E-state index contributed by atoms with van der Waals surface area (Å²) in [6.07, 6.45) is 0. The largest absolute Gasteiger partial charge is 0.456 e. The Morgan fingerprint density at radius 1 is 0.391 bits per heavy atom. The van der Waals surface area contributed by atoms with E-state index in [9.17, 15) is 0 Å². The van der Waals surface area contributed by atoms with Crippen LogP contribution in [0.2, 0.25) is 0 Å². The Labute approximate surface area is 398 Å². The van der Waals surface area contributed by atoms with Crippen molar-refractivity contribution in [1.82, 2.24) is 4.57 Å². The van der Waals surface area contributed by atoms with E-state index in [1.807, 2.05) is 6.07 Å². The lowest BCUT2D eigenvalue weighted by atomic mass is 9.65. The fourth-order valence-electron chi connectivity index (χ4n) is 12.0. The molecule has 13 aromatic rings. The topological polar surface area (TPSA) is 30.5 Å². The Kier molecular flexibility index (Phi) is 7.96. The molecule has 15 rings (SSSR count). The summed E-state index contributed by atoms with van der Waals surface area (Å²) in [5.74, 6) is 1.71. The molecule has 2 aliphatic rings. The van der Waals surface area contributed by atoms with Crippen LogP contribution in [0.3, 0.4) is 0 Å². The first-order chi connectivity index (χ1) is 34.2. The molecule has 0 bridgehead atoms. The van der Waals surface area contributed by atoms with Crippen LogP contribution in [-0.2, 0) is 5.41 Å². The molecular formula is C65H40N2O2. The Morgan fingerprint density at radius 3 is 1.90 bits per heavy atom. The van der Waals surface area contributed by atoms with Gasteiger partial charge in [0.1, 0.15) is 22.7 Å². The number of anilines is 3. The highest BCUT2D eigenvalue weighted by Crippen LogP contribution is 2.64. The van der Waals surface area contributed by atoms with Gasteiger partial charge in [-0.15, -0.1) is 0 Å². The predicted octanol–water partition coefficient (Wildman–Crippen LogP) is 17.4. The maximum absolute atomic E-state index is 7.37. The Bertz CT molecular complexity index is 4210. The summed E-state index contributed by atoms with van der Waals surface area (Å²) in [6.45, 7) is 0. The average Bonchev–Trinajstić information content (AvgIpc) is 4.06. The Hall–Kier alpha value is -9.12. The first-order valence-electron chi connectivity index (χ1n) is 23.7. The van der Waals surface area contributed by atoms with Gasteiger partial charge in [-0.2, -0.15) is 0 Å². The van der Waals surface area contributed by atoms with Crippen molar-refractivity contribution in [3.05, 3.63) is 265 Å². The summed E-state index contributed by atoms with van der Waals surface area (Å²) in [5.41, 5.74) is 16.7. The monoisotopic (exact) mass is 880 g/mol. The molecule has 0 saturated carbocycles. The molecule has 11 aromatic carbocycles. The van der Waals surface area contributed by atoms with E-state index in [0.717, 1.165) is 89.5 Å². The van der Waals surface area contributed by atoms with Gasteiger partial charge in [-0.3, -0.25) is 0 Å². The zero-order chi connectivity index (χ0) is 45.2. The molecule has 322 valence electrons. The summed E-state index contributed by atoms with van der Waals surface area (Å²) < 4.78 is 16.4. The molecule has 0 atom stereocenters. The molecule has 4 nitrogen and oxygen atoms in total. The molecule has 0 N–H and O–H groups in total. The van der Waals surface area contributed by atoms with Gasteiger partial charge in [-0.25, -0.2) is 0 Å². The zero-order valence-electron chi connectivity index (χ0n) is 37.3. The molecule has 3 heterocycles. The van der Waals surface area contributed by atoms with Crippen LogP contribution in [-0.4, -0.2) is 4.57 Å². The number of rotatable bonds is 5. The van der Waals surface area contributed by atoms with Crippen LogP contribution in [0, 0.1) is 0 Å². The van der Waals surface area contributed by atoms with Gasteiger partial charge in [-0.05, 0) is 111 Å². The Morgan fingerprint density at radius 2 is 1.06 bits per heavy atom. The van der Waals surface area contributed by atoms with Gasteiger partial charge >= 0.3 is 0 Å². The van der Waals surface area contributed by atoms with Gasteiger partial charge in [0, 0.05) is 49.9 Å². The van der Waals surface area contributed by atoms with E-state index in [-0.39, 0.29) is 0 Å². The number of benzene rings is 11. The number of para-hydroxylation sites is 4. The number of hydrogen-bond donors (Lipinski definition) is 0. The highest BCUT2D eigenvalue weighted by molar-refractivity contribution is 6.15. The van der Waals surface area contributed by atoms with Crippen LogP contribution in [0.15, 0.2) is 247 Å². The molecule has 0 saturated heterocycles. The highest BCUT2D eigenvalue weighted by atomic mass is 16.5. The second kappa shape index (κ2) is 14.4. The summed E-state index contributed by atoms with van der Waals surface area (Å²) in [6, 6.07) is 88.1. The van der Waals surface area contributed by atoms with Crippen molar-refractivity contribution in [1.29, 1.82) is 0 Å². The van der Waals surface area contributed by atoms with Crippen LogP contribution in [0.4, 0.5) is 17.1 Å². The molecule has 1 aliphatic carbocycles. The number of aromatic nitrogens is 1. The van der Waals surface area contributed by atoms with Crippen molar-refractivity contribution in [3.63, 3.8) is 0 Å². The third-order valence-electron chi connectivity index (χ3n) is 14.8. The number of nitrogens with zero attached hydrogens (tertiary/aromatic N) is 2. The van der Waals surface area contributed by atoms with E-state index >= 15 is 0 Å². The summed E-state index contributed by atoms with van der Waals surface area (Å²) in [5, 5.41) is 6.87. The second-order valence-corrected chi connectivity index (χ2v) is 18.3. The van der Waals surface area contributed by atoms with Crippen molar-refractivity contribution in [2.75, 3.05) is 4.90 Å². The maximum Gasteiger partial charge on any atom is 0.140 e. The lowest BCUT2D eigenvalue weighted by Crippen LogP contribution is -2.32. The van der Waals surface area contributed by atoms with Crippen LogP contribution < -0.4 is 9.64 Å². The lowest BCUT2D eigenvalue weighted by Gasteiger charge is -2.41. The molecule has 0 amide bonds. The van der Waals surface area contributed by atoms with E-state index < -0.39 is 5.41 Å². The normalized spacial score (nSPS) is 13.2. The van der Waals surface area contributed by atoms with Crippen LogP contribution in [0.5, 0.6) is 11.5 Å². The van der Waals surface area contributed by atoms with Crippen molar-refractivity contribution >= 4 is 71.6 Å². The molecule has 1 spiro atoms. The molecule has 2 aromatic heterocycles. The minimum atomic E-state index is -0.706. The quantitative estimate of drug-likeness (QED) is 0.173. The van der Waals surface area contributed by atoms with Crippen LogP contribution >= 0.6 is 0 Å². The molecule has 0 radical (unpaired) electrons. The Balaban J connectivity index is 1.10. The summed E-state index contributed by atoms with van der Waals surface area (Å²) >= 11 is 0. The van der Waals surface area contributed by atoms with E-state index in [4.69, 9.17) is 9.15 Å². The van der Waals surface area contributed by atoms with E-state index in [0.29, 0.717) is 0 Å². The fourth-order valence-corrected chi connectivity index (χ4v) is 12.0. The molecular weight excluding hydrogens is 841 g/mol. The second-order valence-electron chi connectivity index (χ2n) is 18.3. The fraction of sp³-hybridized carbons (Fsp3) is 0.0154. The van der Waals surface area contributed by atoms with Crippen molar-refractivity contribution < 1.29 is 9.15 Å². The number of hydrogen-bond acceptors (Lipinski definition) is 3. The third-order valence-corrected chi connectivity index (χ3v) is 14.8. The number of ether oxygens (including phenoxy) is 1. The zero-order valence-corrected chi connectivity index (χ0v) is 37.3. The number of fused-ring (bicyclic) bond motifs is 16. The molecule has 0 unspecified atom stereocenters. The van der Waals surface area contributed by atoms with Gasteiger partial charge in [0.05, 0.1) is 27.5 Å². The third kappa shape index (κ3) is 5.34. The van der Waals surface area contributed by atoms with E-state index in [2.05, 4.69) is 246 Å². The molecule has 1 aliphatic heterocycles. The molecule has 69 heavy (non-hydrogen) atoms. The van der Waals surface area contributed by atoms with Crippen molar-refractivity contribution in [3.8, 4) is 39.4 Å². The first kappa shape index (κ1) is 38.0.